The van der Waals surface area contributed by atoms with Gasteiger partial charge in [-0.1, -0.05) is 12.1 Å². The van der Waals surface area contributed by atoms with Gasteiger partial charge in [-0.2, -0.15) is 0 Å². The topological polar surface area (TPSA) is 79.9 Å². The molecule has 0 fully saturated rings. The van der Waals surface area contributed by atoms with Crippen LogP contribution in [0.5, 0.6) is 11.8 Å². The Balaban J connectivity index is 1.83. The van der Waals surface area contributed by atoms with Crippen LogP contribution in [0.2, 0.25) is 0 Å². The van der Waals surface area contributed by atoms with E-state index in [1.165, 1.54) is 0 Å². The Kier molecular flexibility index (Phi) is 5.01. The molecule has 8 heteroatoms. The minimum Gasteiger partial charge on any atom is -0.476 e. The fourth-order valence-electron chi connectivity index (χ4n) is 2.79. The molecule has 4 aromatic heterocycles. The maximum absolute atomic E-state index is 5.77. The van der Waals surface area contributed by atoms with Gasteiger partial charge in [0.15, 0.2) is 11.6 Å². The van der Waals surface area contributed by atoms with E-state index in [2.05, 4.69) is 20.2 Å². The van der Waals surface area contributed by atoms with E-state index in [1.807, 2.05) is 62.6 Å². The average molecular weight is 376 g/mol. The second-order valence-electron chi connectivity index (χ2n) is 5.83. The summed E-state index contributed by atoms with van der Waals surface area (Å²) in [5, 5.41) is 9.11. The zero-order valence-electron chi connectivity index (χ0n) is 15.7. The van der Waals surface area contributed by atoms with Crippen molar-refractivity contribution in [1.29, 1.82) is 0 Å². The Morgan fingerprint density at radius 3 is 1.54 bits per heavy atom. The molecule has 28 heavy (non-hydrogen) atoms. The molecule has 4 heterocycles. The molecule has 0 N–H and O–H groups in total. The molecule has 0 aliphatic rings. The smallest absolute Gasteiger partial charge is 0.241 e. The Hall–Kier alpha value is -3.68. The third-order valence-corrected chi connectivity index (χ3v) is 3.98. The Bertz CT molecular complexity index is 958. The quantitative estimate of drug-likeness (QED) is 0.492. The first kappa shape index (κ1) is 17.7. The van der Waals surface area contributed by atoms with E-state index in [0.29, 0.717) is 36.6 Å². The van der Waals surface area contributed by atoms with Crippen LogP contribution in [0.15, 0.2) is 61.2 Å². The van der Waals surface area contributed by atoms with Crippen LogP contribution >= 0.6 is 0 Å². The summed E-state index contributed by atoms with van der Waals surface area (Å²) in [4.78, 5) is 8.70. The van der Waals surface area contributed by atoms with Gasteiger partial charge in [-0.3, -0.25) is 0 Å². The molecule has 4 rings (SSSR count). The summed E-state index contributed by atoms with van der Waals surface area (Å²) >= 11 is 0. The standard InChI is InChI=1S/C20H20N6O2/c1-3-27-19-15(13-25(23-19)17-9-5-7-11-21-17)16-14-26(24-20(16)28-4-2)18-10-6-8-12-22-18/h5-14H,3-4H2,1-2H3. The molecule has 0 bridgehead atoms. The monoisotopic (exact) mass is 376 g/mol. The van der Waals surface area contributed by atoms with Crippen LogP contribution < -0.4 is 9.47 Å². The molecule has 0 radical (unpaired) electrons. The first-order chi connectivity index (χ1) is 13.8. The van der Waals surface area contributed by atoms with Gasteiger partial charge in [0.2, 0.25) is 11.8 Å². The lowest BCUT2D eigenvalue weighted by molar-refractivity contribution is 0.321. The summed E-state index contributed by atoms with van der Waals surface area (Å²) in [5.74, 6) is 2.39. The SMILES string of the molecule is CCOc1nn(-c2ccccn2)cc1-c1cn(-c2ccccn2)nc1OCC. The van der Waals surface area contributed by atoms with E-state index in [4.69, 9.17) is 9.47 Å². The second-order valence-corrected chi connectivity index (χ2v) is 5.83. The molecule has 142 valence electrons. The number of nitrogens with zero attached hydrogens (tertiary/aromatic N) is 6. The maximum Gasteiger partial charge on any atom is 0.241 e. The van der Waals surface area contributed by atoms with Crippen molar-refractivity contribution < 1.29 is 9.47 Å². The van der Waals surface area contributed by atoms with Crippen molar-refractivity contribution in [3.8, 4) is 34.5 Å². The summed E-state index contributed by atoms with van der Waals surface area (Å²) < 4.78 is 14.9. The molecular formula is C20H20N6O2. The van der Waals surface area contributed by atoms with Gasteiger partial charge in [-0.15, -0.1) is 10.2 Å². The summed E-state index contributed by atoms with van der Waals surface area (Å²) in [5.41, 5.74) is 1.55. The predicted molar refractivity (Wildman–Crippen MR) is 104 cm³/mol. The molecule has 4 aromatic rings. The van der Waals surface area contributed by atoms with Gasteiger partial charge in [-0.05, 0) is 38.1 Å². The number of hydrogen-bond acceptors (Lipinski definition) is 6. The minimum atomic E-state index is 0.491. The number of aromatic nitrogens is 6. The highest BCUT2D eigenvalue weighted by Crippen LogP contribution is 2.36. The van der Waals surface area contributed by atoms with Crippen molar-refractivity contribution in [1.82, 2.24) is 29.5 Å². The Labute approximate surface area is 162 Å². The first-order valence-electron chi connectivity index (χ1n) is 9.08. The van der Waals surface area contributed by atoms with Crippen LogP contribution in [0, 0.1) is 0 Å². The highest BCUT2D eigenvalue weighted by molar-refractivity contribution is 5.72. The molecule has 0 saturated carbocycles. The molecule has 0 aliphatic carbocycles. The van der Waals surface area contributed by atoms with Crippen molar-refractivity contribution in [3.05, 3.63) is 61.2 Å². The molecular weight excluding hydrogens is 356 g/mol. The van der Waals surface area contributed by atoms with Crippen LogP contribution in [-0.2, 0) is 0 Å². The number of hydrogen-bond donors (Lipinski definition) is 0. The minimum absolute atomic E-state index is 0.491. The molecule has 8 nitrogen and oxygen atoms in total. The predicted octanol–water partition coefficient (Wildman–Crippen LogP) is 3.31. The zero-order chi connectivity index (χ0) is 19.3. The largest absolute Gasteiger partial charge is 0.476 e. The van der Waals surface area contributed by atoms with Gasteiger partial charge in [0.05, 0.1) is 24.3 Å². The molecule has 0 atom stereocenters. The van der Waals surface area contributed by atoms with E-state index in [0.717, 1.165) is 11.1 Å². The molecule has 0 amide bonds. The van der Waals surface area contributed by atoms with Crippen molar-refractivity contribution in [3.63, 3.8) is 0 Å². The third-order valence-electron chi connectivity index (χ3n) is 3.98. The van der Waals surface area contributed by atoms with E-state index < -0.39 is 0 Å². The van der Waals surface area contributed by atoms with Gasteiger partial charge in [0.25, 0.3) is 0 Å². The first-order valence-corrected chi connectivity index (χ1v) is 9.08. The van der Waals surface area contributed by atoms with Gasteiger partial charge in [0.1, 0.15) is 0 Å². The van der Waals surface area contributed by atoms with Crippen molar-refractivity contribution in [2.24, 2.45) is 0 Å². The van der Waals surface area contributed by atoms with E-state index in [-0.39, 0.29) is 0 Å². The van der Waals surface area contributed by atoms with Gasteiger partial charge in [-0.25, -0.2) is 19.3 Å². The number of ether oxygens (including phenoxy) is 2. The number of rotatable bonds is 7. The summed E-state index contributed by atoms with van der Waals surface area (Å²) in [6, 6.07) is 11.3. The lowest BCUT2D eigenvalue weighted by Gasteiger charge is -2.03. The second kappa shape index (κ2) is 7.91. The van der Waals surface area contributed by atoms with Crippen LogP contribution in [-0.4, -0.2) is 42.7 Å². The summed E-state index contributed by atoms with van der Waals surface area (Å²) in [6.07, 6.45) is 7.19. The molecule has 0 aromatic carbocycles. The Morgan fingerprint density at radius 2 is 1.18 bits per heavy atom. The fourth-order valence-corrected chi connectivity index (χ4v) is 2.79. The van der Waals surface area contributed by atoms with Crippen molar-refractivity contribution in [2.45, 2.75) is 13.8 Å². The maximum atomic E-state index is 5.77. The molecule has 0 saturated heterocycles. The third kappa shape index (κ3) is 3.44. The number of pyridine rings is 2. The van der Waals surface area contributed by atoms with Crippen molar-refractivity contribution in [2.75, 3.05) is 13.2 Å². The van der Waals surface area contributed by atoms with Crippen LogP contribution in [0.25, 0.3) is 22.8 Å². The lowest BCUT2D eigenvalue weighted by Crippen LogP contribution is -1.99. The Morgan fingerprint density at radius 1 is 0.714 bits per heavy atom. The average Bonchev–Trinajstić information content (AvgIpc) is 3.34. The molecule has 0 unspecified atom stereocenters. The fraction of sp³-hybridized carbons (Fsp3) is 0.200. The summed E-state index contributed by atoms with van der Waals surface area (Å²) in [7, 11) is 0. The van der Waals surface area contributed by atoms with Gasteiger partial charge in [0, 0.05) is 24.8 Å². The van der Waals surface area contributed by atoms with Crippen LogP contribution in [0.3, 0.4) is 0 Å². The van der Waals surface area contributed by atoms with E-state index in [9.17, 15) is 0 Å². The van der Waals surface area contributed by atoms with Crippen LogP contribution in [0.1, 0.15) is 13.8 Å². The van der Waals surface area contributed by atoms with E-state index >= 15 is 0 Å². The van der Waals surface area contributed by atoms with E-state index in [1.54, 1.807) is 21.8 Å². The van der Waals surface area contributed by atoms with Crippen molar-refractivity contribution >= 4 is 0 Å². The highest BCUT2D eigenvalue weighted by Gasteiger charge is 2.21. The normalized spacial score (nSPS) is 10.8. The van der Waals surface area contributed by atoms with Gasteiger partial charge >= 0.3 is 0 Å². The highest BCUT2D eigenvalue weighted by atomic mass is 16.5. The van der Waals surface area contributed by atoms with Gasteiger partial charge < -0.3 is 9.47 Å². The molecule has 0 spiro atoms. The lowest BCUT2D eigenvalue weighted by atomic mass is 10.2. The zero-order valence-corrected chi connectivity index (χ0v) is 15.7. The molecule has 0 aliphatic heterocycles. The summed E-state index contributed by atoms with van der Waals surface area (Å²) in [6.45, 7) is 4.82. The van der Waals surface area contributed by atoms with Crippen LogP contribution in [0.4, 0.5) is 0 Å².